The lowest BCUT2D eigenvalue weighted by molar-refractivity contribution is -0.880. The molecule has 1 aromatic heterocycles. The first kappa shape index (κ1) is 16.0. The van der Waals surface area contributed by atoms with Crippen molar-refractivity contribution < 1.29 is 14.4 Å². The summed E-state index contributed by atoms with van der Waals surface area (Å²) in [6.07, 6.45) is 1.62. The van der Waals surface area contributed by atoms with Gasteiger partial charge >= 0.3 is 5.97 Å². The normalized spacial score (nSPS) is 15.9. The summed E-state index contributed by atoms with van der Waals surface area (Å²) in [4.78, 5) is 20.5. The van der Waals surface area contributed by atoms with Gasteiger partial charge in [0.05, 0.1) is 51.0 Å². The standard InChI is InChI=1S/C17H20ClN3O2/c1-3-23-17(22)14-11-19-15-5-4-12(18)10-13(15)16(14)21-8-6-20(2)7-9-21/h4-5,10-11H,3,6-9H2,1-2H3/p+1. The number of benzene rings is 1. The summed E-state index contributed by atoms with van der Waals surface area (Å²) < 4.78 is 5.22. The summed E-state index contributed by atoms with van der Waals surface area (Å²) in [6, 6.07) is 5.59. The quantitative estimate of drug-likeness (QED) is 0.862. The molecule has 0 saturated carbocycles. The van der Waals surface area contributed by atoms with Gasteiger partial charge < -0.3 is 14.5 Å². The Hall–Kier alpha value is -1.85. The Balaban J connectivity index is 2.14. The number of carbonyl (C=O) groups is 1. The fourth-order valence-corrected chi connectivity index (χ4v) is 3.13. The molecule has 0 spiro atoms. The number of hydrogen-bond acceptors (Lipinski definition) is 4. The van der Waals surface area contributed by atoms with Crippen LogP contribution in [0.5, 0.6) is 0 Å². The number of ether oxygens (including phenoxy) is 1. The highest BCUT2D eigenvalue weighted by Crippen LogP contribution is 2.32. The molecule has 0 amide bonds. The molecule has 6 heteroatoms. The fourth-order valence-electron chi connectivity index (χ4n) is 2.96. The second-order valence-electron chi connectivity index (χ2n) is 5.85. The molecule has 1 aliphatic rings. The summed E-state index contributed by atoms with van der Waals surface area (Å²) >= 11 is 6.18. The molecule has 0 bridgehead atoms. The predicted molar refractivity (Wildman–Crippen MR) is 91.5 cm³/mol. The van der Waals surface area contributed by atoms with Gasteiger partial charge in [-0.2, -0.15) is 0 Å². The van der Waals surface area contributed by atoms with Crippen LogP contribution in [-0.4, -0.2) is 50.8 Å². The minimum atomic E-state index is -0.330. The van der Waals surface area contributed by atoms with Gasteiger partial charge in [-0.15, -0.1) is 0 Å². The Labute approximate surface area is 140 Å². The molecular weight excluding hydrogens is 314 g/mol. The summed E-state index contributed by atoms with van der Waals surface area (Å²) in [5, 5.41) is 1.55. The first-order valence-corrected chi connectivity index (χ1v) is 8.29. The van der Waals surface area contributed by atoms with Crippen LogP contribution >= 0.6 is 11.6 Å². The van der Waals surface area contributed by atoms with Gasteiger partial charge in [0.15, 0.2) is 0 Å². The molecule has 1 saturated heterocycles. The van der Waals surface area contributed by atoms with Gasteiger partial charge in [0.25, 0.3) is 0 Å². The number of likely N-dealkylation sites (N-methyl/N-ethyl adjacent to an activating group) is 1. The van der Waals surface area contributed by atoms with Gasteiger partial charge in [-0.25, -0.2) is 4.79 Å². The lowest BCUT2D eigenvalue weighted by atomic mass is 10.1. The largest absolute Gasteiger partial charge is 0.462 e. The highest BCUT2D eigenvalue weighted by atomic mass is 35.5. The average Bonchev–Trinajstić information content (AvgIpc) is 2.55. The molecule has 1 N–H and O–H groups in total. The number of quaternary nitrogens is 1. The zero-order valence-electron chi connectivity index (χ0n) is 13.4. The van der Waals surface area contributed by atoms with Crippen molar-refractivity contribution in [1.29, 1.82) is 0 Å². The molecule has 5 nitrogen and oxygen atoms in total. The van der Waals surface area contributed by atoms with Gasteiger partial charge in [-0.3, -0.25) is 4.98 Å². The van der Waals surface area contributed by atoms with E-state index in [1.165, 1.54) is 4.90 Å². The molecule has 23 heavy (non-hydrogen) atoms. The smallest absolute Gasteiger partial charge is 0.341 e. The van der Waals surface area contributed by atoms with Crippen LogP contribution < -0.4 is 9.80 Å². The molecule has 1 aliphatic heterocycles. The Morgan fingerprint density at radius 2 is 2.13 bits per heavy atom. The first-order valence-electron chi connectivity index (χ1n) is 7.91. The highest BCUT2D eigenvalue weighted by molar-refractivity contribution is 6.31. The molecule has 1 fully saturated rings. The molecule has 2 aromatic rings. The van der Waals surface area contributed by atoms with E-state index in [9.17, 15) is 4.79 Å². The Kier molecular flexibility index (Phi) is 4.68. The Morgan fingerprint density at radius 1 is 1.39 bits per heavy atom. The molecule has 0 unspecified atom stereocenters. The van der Waals surface area contributed by atoms with E-state index >= 15 is 0 Å². The number of carbonyl (C=O) groups excluding carboxylic acids is 1. The Morgan fingerprint density at radius 3 is 2.83 bits per heavy atom. The third kappa shape index (κ3) is 3.26. The van der Waals surface area contributed by atoms with Crippen molar-refractivity contribution in [2.75, 3.05) is 44.7 Å². The lowest BCUT2D eigenvalue weighted by Gasteiger charge is -2.33. The fraction of sp³-hybridized carbons (Fsp3) is 0.412. The number of halogens is 1. The number of nitrogens with zero attached hydrogens (tertiary/aromatic N) is 2. The molecule has 0 radical (unpaired) electrons. The van der Waals surface area contributed by atoms with E-state index < -0.39 is 0 Å². The average molecular weight is 335 g/mol. The number of anilines is 1. The van der Waals surface area contributed by atoms with E-state index in [1.807, 2.05) is 25.1 Å². The minimum Gasteiger partial charge on any atom is -0.462 e. The van der Waals surface area contributed by atoms with E-state index in [2.05, 4.69) is 16.9 Å². The van der Waals surface area contributed by atoms with Gasteiger partial charge in [-0.05, 0) is 25.1 Å². The molecule has 3 rings (SSSR count). The van der Waals surface area contributed by atoms with E-state index in [4.69, 9.17) is 16.3 Å². The maximum Gasteiger partial charge on any atom is 0.341 e. The first-order chi connectivity index (χ1) is 11.1. The van der Waals surface area contributed by atoms with Crippen molar-refractivity contribution in [3.05, 3.63) is 35.0 Å². The van der Waals surface area contributed by atoms with Gasteiger partial charge in [0, 0.05) is 16.6 Å². The zero-order chi connectivity index (χ0) is 16.4. The van der Waals surface area contributed by atoms with Crippen LogP contribution in [0.1, 0.15) is 17.3 Å². The van der Waals surface area contributed by atoms with Crippen LogP contribution in [0, 0.1) is 0 Å². The number of fused-ring (bicyclic) bond motifs is 1. The van der Waals surface area contributed by atoms with E-state index in [0.29, 0.717) is 17.2 Å². The summed E-state index contributed by atoms with van der Waals surface area (Å²) in [7, 11) is 2.19. The van der Waals surface area contributed by atoms with E-state index in [1.54, 1.807) is 6.20 Å². The van der Waals surface area contributed by atoms with Gasteiger partial charge in [-0.1, -0.05) is 11.6 Å². The second kappa shape index (κ2) is 6.72. The SMILES string of the molecule is CCOC(=O)c1cnc2ccc(Cl)cc2c1N1CC[NH+](C)CC1. The molecular formula is C17H21ClN3O2+. The van der Waals surface area contributed by atoms with Crippen molar-refractivity contribution in [3.63, 3.8) is 0 Å². The maximum atomic E-state index is 12.4. The number of rotatable bonds is 3. The van der Waals surface area contributed by atoms with Crippen molar-refractivity contribution in [2.45, 2.75) is 6.92 Å². The zero-order valence-corrected chi connectivity index (χ0v) is 14.2. The van der Waals surface area contributed by atoms with Crippen molar-refractivity contribution in [1.82, 2.24) is 4.98 Å². The molecule has 122 valence electrons. The lowest BCUT2D eigenvalue weighted by Crippen LogP contribution is -3.12. The number of aromatic nitrogens is 1. The van der Waals surface area contributed by atoms with Crippen LogP contribution in [0.15, 0.2) is 24.4 Å². The van der Waals surface area contributed by atoms with Crippen LogP contribution in [0.2, 0.25) is 5.02 Å². The number of pyridine rings is 1. The monoisotopic (exact) mass is 334 g/mol. The highest BCUT2D eigenvalue weighted by Gasteiger charge is 2.25. The molecule has 1 aromatic carbocycles. The summed E-state index contributed by atoms with van der Waals surface area (Å²) in [6.45, 7) is 6.01. The third-order valence-electron chi connectivity index (χ3n) is 4.23. The topological polar surface area (TPSA) is 46.9 Å². The van der Waals surface area contributed by atoms with E-state index in [0.717, 1.165) is 42.8 Å². The summed E-state index contributed by atoms with van der Waals surface area (Å²) in [5.41, 5.74) is 2.24. The minimum absolute atomic E-state index is 0.330. The van der Waals surface area contributed by atoms with Crippen molar-refractivity contribution >= 4 is 34.2 Å². The summed E-state index contributed by atoms with van der Waals surface area (Å²) in [5.74, 6) is -0.330. The molecule has 2 heterocycles. The molecule has 0 aliphatic carbocycles. The van der Waals surface area contributed by atoms with Gasteiger partial charge in [0.2, 0.25) is 0 Å². The number of nitrogens with one attached hydrogen (secondary N) is 1. The van der Waals surface area contributed by atoms with Crippen LogP contribution in [0.25, 0.3) is 10.9 Å². The maximum absolute atomic E-state index is 12.4. The van der Waals surface area contributed by atoms with Crippen molar-refractivity contribution in [3.8, 4) is 0 Å². The Bertz CT molecular complexity index is 727. The number of hydrogen-bond donors (Lipinski definition) is 1. The molecule has 0 atom stereocenters. The number of esters is 1. The van der Waals surface area contributed by atoms with Crippen LogP contribution in [-0.2, 0) is 4.74 Å². The third-order valence-corrected chi connectivity index (χ3v) is 4.47. The van der Waals surface area contributed by atoms with Crippen molar-refractivity contribution in [2.24, 2.45) is 0 Å². The van der Waals surface area contributed by atoms with Crippen LogP contribution in [0.4, 0.5) is 5.69 Å². The van der Waals surface area contributed by atoms with Gasteiger partial charge in [0.1, 0.15) is 5.56 Å². The van der Waals surface area contributed by atoms with Crippen LogP contribution in [0.3, 0.4) is 0 Å². The van der Waals surface area contributed by atoms with E-state index in [-0.39, 0.29) is 5.97 Å². The second-order valence-corrected chi connectivity index (χ2v) is 6.28. The number of piperazine rings is 1. The predicted octanol–water partition coefficient (Wildman–Crippen LogP) is 1.40.